The van der Waals surface area contributed by atoms with Crippen molar-refractivity contribution in [1.82, 2.24) is 0 Å². The number of nitriles is 3. The van der Waals surface area contributed by atoms with Gasteiger partial charge in [0.1, 0.15) is 6.10 Å². The summed E-state index contributed by atoms with van der Waals surface area (Å²) >= 11 is 0. The number of hydrogen-bond acceptors (Lipinski definition) is 6. The predicted octanol–water partition coefficient (Wildman–Crippen LogP) is 3.16. The fourth-order valence-electron chi connectivity index (χ4n) is 5.01. The van der Waals surface area contributed by atoms with Crippen LogP contribution in [0.1, 0.15) is 44.3 Å². The molecule has 28 heavy (non-hydrogen) atoms. The number of rotatable bonds is 1. The maximum absolute atomic E-state index is 11.8. The minimum atomic E-state index is -1.90. The van der Waals surface area contributed by atoms with Crippen molar-refractivity contribution in [3.05, 3.63) is 35.9 Å². The molecule has 4 unspecified atom stereocenters. The molecule has 1 aliphatic carbocycles. The summed E-state index contributed by atoms with van der Waals surface area (Å²) in [5, 5.41) is 30.8. The van der Waals surface area contributed by atoms with Crippen molar-refractivity contribution in [2.75, 3.05) is 0 Å². The van der Waals surface area contributed by atoms with Crippen LogP contribution in [-0.2, 0) is 14.3 Å². The van der Waals surface area contributed by atoms with Crippen LogP contribution in [0.5, 0.6) is 0 Å². The second kappa shape index (κ2) is 6.16. The molecule has 4 atom stereocenters. The summed E-state index contributed by atoms with van der Waals surface area (Å²) in [5.74, 6) is -2.42. The highest BCUT2D eigenvalue weighted by Gasteiger charge is 2.80. The number of nitrogens with zero attached hydrogens (tertiary/aromatic N) is 4. The summed E-state index contributed by atoms with van der Waals surface area (Å²) < 4.78 is 12.5. The molecule has 1 saturated carbocycles. The fraction of sp³-hybridized carbons (Fsp3) is 0.476. The van der Waals surface area contributed by atoms with Crippen LogP contribution in [0.2, 0.25) is 0 Å². The minimum Gasteiger partial charge on any atom is -0.447 e. The van der Waals surface area contributed by atoms with Gasteiger partial charge >= 0.3 is 0 Å². The van der Waals surface area contributed by atoms with Gasteiger partial charge in [-0.3, -0.25) is 4.79 Å². The Morgan fingerprint density at radius 2 is 1.86 bits per heavy atom. The van der Waals surface area contributed by atoms with E-state index in [1.807, 2.05) is 6.07 Å². The zero-order valence-corrected chi connectivity index (χ0v) is 15.4. The number of hydrogen-bond donors (Lipinski definition) is 0. The van der Waals surface area contributed by atoms with Crippen LogP contribution in [0.4, 0.5) is 0 Å². The van der Waals surface area contributed by atoms with Crippen molar-refractivity contribution in [3.8, 4) is 18.2 Å². The van der Waals surface area contributed by atoms with E-state index in [1.165, 1.54) is 6.92 Å². The van der Waals surface area contributed by atoms with E-state index in [2.05, 4.69) is 23.2 Å². The second-order valence-corrected chi connectivity index (χ2v) is 7.51. The van der Waals surface area contributed by atoms with Crippen LogP contribution in [0.15, 0.2) is 35.3 Å². The summed E-state index contributed by atoms with van der Waals surface area (Å²) in [6.45, 7) is 1.25. The van der Waals surface area contributed by atoms with E-state index in [0.717, 1.165) is 12.8 Å². The third-order valence-corrected chi connectivity index (χ3v) is 6.15. The van der Waals surface area contributed by atoms with Crippen LogP contribution in [0.3, 0.4) is 0 Å². The summed E-state index contributed by atoms with van der Waals surface area (Å²) in [7, 11) is 0. The zero-order valence-electron chi connectivity index (χ0n) is 15.4. The highest BCUT2D eigenvalue weighted by Crippen LogP contribution is 2.69. The lowest BCUT2D eigenvalue weighted by Gasteiger charge is -2.51. The van der Waals surface area contributed by atoms with Crippen molar-refractivity contribution in [3.63, 3.8) is 0 Å². The van der Waals surface area contributed by atoms with Gasteiger partial charge in [0.25, 0.3) is 0 Å². The van der Waals surface area contributed by atoms with Crippen LogP contribution in [0.25, 0.3) is 0 Å². The lowest BCUT2D eigenvalue weighted by Crippen LogP contribution is -2.60. The van der Waals surface area contributed by atoms with E-state index in [0.29, 0.717) is 18.4 Å². The lowest BCUT2D eigenvalue weighted by atomic mass is 9.51. The summed E-state index contributed by atoms with van der Waals surface area (Å²) in [6, 6.07) is 15.3. The number of benzene rings is 1. The Kier molecular flexibility index (Phi) is 4.00. The summed E-state index contributed by atoms with van der Waals surface area (Å²) in [4.78, 5) is 15.8. The van der Waals surface area contributed by atoms with Gasteiger partial charge in [0.05, 0.1) is 24.1 Å². The normalized spacial score (nSPS) is 36.3. The average molecular weight is 374 g/mol. The third kappa shape index (κ3) is 2.04. The Bertz CT molecular complexity index is 970. The van der Waals surface area contributed by atoms with Crippen molar-refractivity contribution in [1.29, 1.82) is 15.8 Å². The average Bonchev–Trinajstić information content (AvgIpc) is 2.94. The maximum atomic E-state index is 11.8. The third-order valence-electron chi connectivity index (χ3n) is 6.15. The molecule has 2 bridgehead atoms. The van der Waals surface area contributed by atoms with Crippen molar-refractivity contribution in [2.24, 2.45) is 21.7 Å². The first-order valence-corrected chi connectivity index (χ1v) is 9.25. The minimum absolute atomic E-state index is 0.157. The predicted molar refractivity (Wildman–Crippen MR) is 95.9 cm³/mol. The first-order chi connectivity index (χ1) is 13.5. The van der Waals surface area contributed by atoms with Crippen LogP contribution >= 0.6 is 0 Å². The van der Waals surface area contributed by atoms with E-state index >= 15 is 0 Å². The number of aliphatic imine (C=N–C) groups is 1. The Morgan fingerprint density at radius 1 is 1.14 bits per heavy atom. The van der Waals surface area contributed by atoms with Gasteiger partial charge in [0.2, 0.25) is 23.0 Å². The molecule has 2 saturated heterocycles. The van der Waals surface area contributed by atoms with Gasteiger partial charge in [-0.15, -0.1) is 0 Å². The number of carbonyl (C=O) groups excluding carboxylic acids is 1. The molecule has 140 valence electrons. The molecule has 0 N–H and O–H groups in total. The highest BCUT2D eigenvalue weighted by atomic mass is 16.7. The van der Waals surface area contributed by atoms with E-state index in [1.54, 1.807) is 24.3 Å². The van der Waals surface area contributed by atoms with Crippen molar-refractivity contribution < 1.29 is 14.3 Å². The zero-order chi connectivity index (χ0) is 20.0. The van der Waals surface area contributed by atoms with Gasteiger partial charge in [-0.2, -0.15) is 20.8 Å². The van der Waals surface area contributed by atoms with Gasteiger partial charge in [0.15, 0.2) is 5.41 Å². The molecule has 0 aromatic heterocycles. The van der Waals surface area contributed by atoms with Gasteiger partial charge in [0, 0.05) is 13.3 Å². The topological polar surface area (TPSA) is 119 Å². The van der Waals surface area contributed by atoms with E-state index < -0.39 is 34.5 Å². The second-order valence-electron chi connectivity index (χ2n) is 7.51. The molecule has 1 aromatic carbocycles. The van der Waals surface area contributed by atoms with Crippen LogP contribution < -0.4 is 0 Å². The standard InChI is InChI=1S/C21H18N4O3/c1-14(26)25-18-20(13-24)16-9-5-6-10-21(16,28-18)27-17(19(20,11-22)12-23)15-7-3-2-4-8-15/h2-4,7-8,16-17H,5-6,9-10H2,1H3. The molecule has 1 amide bonds. The Morgan fingerprint density at radius 3 is 2.46 bits per heavy atom. The molecule has 1 aromatic rings. The largest absolute Gasteiger partial charge is 0.447 e. The molecule has 0 spiro atoms. The summed E-state index contributed by atoms with van der Waals surface area (Å²) in [6.07, 6.45) is 1.70. The molecular formula is C21H18N4O3. The number of carbonyl (C=O) groups is 1. The Labute approximate surface area is 162 Å². The molecule has 3 fully saturated rings. The molecule has 3 aliphatic rings. The smallest absolute Gasteiger partial charge is 0.245 e. The first-order valence-electron chi connectivity index (χ1n) is 9.25. The van der Waals surface area contributed by atoms with Gasteiger partial charge < -0.3 is 9.47 Å². The monoisotopic (exact) mass is 374 g/mol. The van der Waals surface area contributed by atoms with Crippen LogP contribution in [0, 0.1) is 50.7 Å². The van der Waals surface area contributed by atoms with Crippen molar-refractivity contribution >= 4 is 11.8 Å². The SMILES string of the molecule is CC(=O)N=C1OC23CCCCC2C1(C#N)C(C#N)(C#N)C(c1ccccc1)O3. The molecule has 0 radical (unpaired) electrons. The fourth-order valence-corrected chi connectivity index (χ4v) is 5.01. The van der Waals surface area contributed by atoms with Gasteiger partial charge in [-0.05, 0) is 18.4 Å². The van der Waals surface area contributed by atoms with Crippen LogP contribution in [-0.4, -0.2) is 17.6 Å². The van der Waals surface area contributed by atoms with Gasteiger partial charge in [-0.25, -0.2) is 0 Å². The van der Waals surface area contributed by atoms with E-state index in [-0.39, 0.29) is 5.90 Å². The van der Waals surface area contributed by atoms with E-state index in [9.17, 15) is 20.6 Å². The Hall–Kier alpha value is -3.21. The molecule has 2 heterocycles. The first kappa shape index (κ1) is 18.2. The highest BCUT2D eigenvalue weighted by molar-refractivity contribution is 5.98. The lowest BCUT2D eigenvalue weighted by molar-refractivity contribution is -0.294. The molecule has 2 aliphatic heterocycles. The molecule has 4 rings (SSSR count). The molecule has 7 heteroatoms. The maximum Gasteiger partial charge on any atom is 0.245 e. The Balaban J connectivity index is 2.05. The van der Waals surface area contributed by atoms with Crippen molar-refractivity contribution in [2.45, 2.75) is 44.5 Å². The quantitative estimate of drug-likeness (QED) is 0.745. The number of ether oxygens (including phenoxy) is 2. The van der Waals surface area contributed by atoms with E-state index in [4.69, 9.17) is 9.47 Å². The molecular weight excluding hydrogens is 356 g/mol. The molecule has 7 nitrogen and oxygen atoms in total. The number of amides is 1. The van der Waals surface area contributed by atoms with Gasteiger partial charge in [-0.1, -0.05) is 36.8 Å². The summed E-state index contributed by atoms with van der Waals surface area (Å²) in [5.41, 5.74) is -2.97.